The van der Waals surface area contributed by atoms with Gasteiger partial charge in [-0.3, -0.25) is 0 Å². The van der Waals surface area contributed by atoms with E-state index in [4.69, 9.17) is 5.11 Å². The molecule has 0 atom stereocenters. The van der Waals surface area contributed by atoms with Crippen LogP contribution in [0.15, 0.2) is 0 Å². The first kappa shape index (κ1) is 9.90. The number of nitrogens with one attached hydrogen (secondary N) is 1. The van der Waals surface area contributed by atoms with Gasteiger partial charge in [-0.2, -0.15) is 0 Å². The second-order valence-electron chi connectivity index (χ2n) is 2.38. The van der Waals surface area contributed by atoms with Crippen LogP contribution in [0.3, 0.4) is 0 Å². The zero-order valence-electron chi connectivity index (χ0n) is 6.46. The van der Waals surface area contributed by atoms with Crippen LogP contribution in [0.5, 0.6) is 0 Å². The first-order valence-corrected chi connectivity index (χ1v) is 3.08. The van der Waals surface area contributed by atoms with E-state index in [9.17, 15) is 9.59 Å². The molecule has 0 aliphatic carbocycles. The molecule has 0 aliphatic heterocycles. The van der Waals surface area contributed by atoms with E-state index in [0.29, 0.717) is 6.29 Å². The number of carbonyl (C=O) groups excluding carboxylic acids is 2. The van der Waals surface area contributed by atoms with E-state index in [0.717, 1.165) is 0 Å². The van der Waals surface area contributed by atoms with Crippen LogP contribution in [-0.2, 0) is 9.53 Å². The van der Waals surface area contributed by atoms with Gasteiger partial charge >= 0.3 is 6.09 Å². The molecule has 5 nitrogen and oxygen atoms in total. The van der Waals surface area contributed by atoms with Crippen LogP contribution in [0.2, 0.25) is 0 Å². The Balaban J connectivity index is 3.61. The largest absolute Gasteiger partial charge is 0.418 e. The fourth-order valence-corrected chi connectivity index (χ4v) is 0.388. The van der Waals surface area contributed by atoms with Gasteiger partial charge in [0.05, 0.1) is 6.54 Å². The molecule has 2 N–H and O–H groups in total. The van der Waals surface area contributed by atoms with Crippen molar-refractivity contribution in [1.82, 2.24) is 5.32 Å². The number of hydrogen-bond acceptors (Lipinski definition) is 4. The summed E-state index contributed by atoms with van der Waals surface area (Å²) in [5.41, 5.74) is 0. The van der Waals surface area contributed by atoms with Crippen LogP contribution in [0.1, 0.15) is 13.8 Å². The molecule has 0 bridgehead atoms. The van der Waals surface area contributed by atoms with Crippen molar-refractivity contribution in [2.45, 2.75) is 19.6 Å². The molecular formula is C6H11NO4. The van der Waals surface area contributed by atoms with Crippen molar-refractivity contribution in [2.75, 3.05) is 6.54 Å². The quantitative estimate of drug-likeness (QED) is 0.437. The molecule has 11 heavy (non-hydrogen) atoms. The summed E-state index contributed by atoms with van der Waals surface area (Å²) >= 11 is 0. The van der Waals surface area contributed by atoms with Crippen molar-refractivity contribution in [1.29, 1.82) is 0 Å². The maximum Gasteiger partial charge on any atom is 0.409 e. The third kappa shape index (κ3) is 6.79. The fraction of sp³-hybridized carbons (Fsp3) is 0.667. The molecule has 0 saturated heterocycles. The Morgan fingerprint density at radius 1 is 1.73 bits per heavy atom. The molecule has 0 aromatic heterocycles. The van der Waals surface area contributed by atoms with Crippen LogP contribution < -0.4 is 5.32 Å². The Labute approximate surface area is 64.3 Å². The standard InChI is InChI=1S/C6H11NO4/c1-6(2,10)11-5(9)7-3-4-8/h4,10H,3H2,1-2H3,(H,7,9). The molecule has 0 fully saturated rings. The molecular weight excluding hydrogens is 150 g/mol. The molecule has 0 aromatic rings. The molecule has 0 aliphatic rings. The molecule has 0 aromatic carbocycles. The van der Waals surface area contributed by atoms with E-state index in [1.165, 1.54) is 13.8 Å². The van der Waals surface area contributed by atoms with E-state index >= 15 is 0 Å². The Bertz CT molecular complexity index is 149. The van der Waals surface area contributed by atoms with Gasteiger partial charge in [0.25, 0.3) is 0 Å². The Morgan fingerprint density at radius 3 is 2.64 bits per heavy atom. The van der Waals surface area contributed by atoms with Gasteiger partial charge < -0.3 is 20.0 Å². The topological polar surface area (TPSA) is 75.6 Å². The van der Waals surface area contributed by atoms with Crippen molar-refractivity contribution in [3.63, 3.8) is 0 Å². The Hall–Kier alpha value is -1.10. The molecule has 0 radical (unpaired) electrons. The minimum atomic E-state index is -1.51. The van der Waals surface area contributed by atoms with Crippen LogP contribution in [0, 0.1) is 0 Å². The second-order valence-corrected chi connectivity index (χ2v) is 2.38. The van der Waals surface area contributed by atoms with Crippen molar-refractivity contribution in [2.24, 2.45) is 0 Å². The number of alkyl carbamates (subject to hydrolysis) is 1. The van der Waals surface area contributed by atoms with Gasteiger partial charge in [-0.25, -0.2) is 4.79 Å². The monoisotopic (exact) mass is 161 g/mol. The Morgan fingerprint density at radius 2 is 2.27 bits per heavy atom. The fourth-order valence-electron chi connectivity index (χ4n) is 0.388. The first-order chi connectivity index (χ1) is 4.95. The summed E-state index contributed by atoms with van der Waals surface area (Å²) in [5.74, 6) is -1.51. The number of rotatable bonds is 3. The predicted octanol–water partition coefficient (Wildman–Crippen LogP) is -0.360. The molecule has 1 amide bonds. The molecule has 0 unspecified atom stereocenters. The highest BCUT2D eigenvalue weighted by atomic mass is 16.7. The highest BCUT2D eigenvalue weighted by molar-refractivity contribution is 5.71. The summed E-state index contributed by atoms with van der Waals surface area (Å²) in [6.45, 7) is 2.51. The van der Waals surface area contributed by atoms with Gasteiger partial charge in [-0.05, 0) is 0 Å². The highest BCUT2D eigenvalue weighted by Crippen LogP contribution is 2.01. The average molecular weight is 161 g/mol. The molecule has 0 spiro atoms. The second kappa shape index (κ2) is 3.92. The third-order valence-corrected chi connectivity index (χ3v) is 0.672. The lowest BCUT2D eigenvalue weighted by Gasteiger charge is -2.17. The number of carbonyl (C=O) groups is 2. The summed E-state index contributed by atoms with van der Waals surface area (Å²) in [4.78, 5) is 20.3. The lowest BCUT2D eigenvalue weighted by molar-refractivity contribution is -0.131. The summed E-state index contributed by atoms with van der Waals surface area (Å²) in [6, 6.07) is 0. The van der Waals surface area contributed by atoms with Crippen LogP contribution in [0.4, 0.5) is 4.79 Å². The smallest absolute Gasteiger partial charge is 0.409 e. The van der Waals surface area contributed by atoms with Gasteiger partial charge in [0.2, 0.25) is 5.79 Å². The molecule has 64 valence electrons. The number of aldehydes is 1. The zero-order valence-corrected chi connectivity index (χ0v) is 6.46. The van der Waals surface area contributed by atoms with Crippen molar-refractivity contribution in [3.8, 4) is 0 Å². The van der Waals surface area contributed by atoms with E-state index in [2.05, 4.69) is 10.1 Å². The van der Waals surface area contributed by atoms with Gasteiger partial charge in [0.15, 0.2) is 0 Å². The third-order valence-electron chi connectivity index (χ3n) is 0.672. The van der Waals surface area contributed by atoms with Crippen LogP contribution in [0.25, 0.3) is 0 Å². The highest BCUT2D eigenvalue weighted by Gasteiger charge is 2.17. The van der Waals surface area contributed by atoms with E-state index in [-0.39, 0.29) is 6.54 Å². The molecule has 0 heterocycles. The maximum absolute atomic E-state index is 10.6. The summed E-state index contributed by atoms with van der Waals surface area (Å²) in [7, 11) is 0. The van der Waals surface area contributed by atoms with E-state index < -0.39 is 11.9 Å². The molecule has 0 rings (SSSR count). The Kier molecular flexibility index (Phi) is 3.53. The van der Waals surface area contributed by atoms with Crippen LogP contribution >= 0.6 is 0 Å². The van der Waals surface area contributed by atoms with Gasteiger partial charge in [0, 0.05) is 13.8 Å². The molecule has 0 saturated carbocycles. The van der Waals surface area contributed by atoms with Gasteiger partial charge in [-0.15, -0.1) is 0 Å². The van der Waals surface area contributed by atoms with Crippen molar-refractivity contribution < 1.29 is 19.4 Å². The molecule has 5 heteroatoms. The van der Waals surface area contributed by atoms with E-state index in [1.54, 1.807) is 0 Å². The first-order valence-electron chi connectivity index (χ1n) is 3.08. The van der Waals surface area contributed by atoms with Crippen molar-refractivity contribution in [3.05, 3.63) is 0 Å². The number of ether oxygens (including phenoxy) is 1. The minimum absolute atomic E-state index is 0.116. The average Bonchev–Trinajstić information content (AvgIpc) is 1.79. The van der Waals surface area contributed by atoms with Crippen LogP contribution in [-0.4, -0.2) is 29.8 Å². The number of aliphatic hydroxyl groups is 1. The predicted molar refractivity (Wildman–Crippen MR) is 36.8 cm³/mol. The van der Waals surface area contributed by atoms with Gasteiger partial charge in [-0.1, -0.05) is 0 Å². The SMILES string of the molecule is CC(C)(O)OC(=O)NCC=O. The lowest BCUT2D eigenvalue weighted by Crippen LogP contribution is -2.35. The summed E-state index contributed by atoms with van der Waals surface area (Å²) in [6.07, 6.45) is -0.296. The normalized spacial score (nSPS) is 10.5. The summed E-state index contributed by atoms with van der Waals surface area (Å²) in [5, 5.41) is 11.0. The van der Waals surface area contributed by atoms with E-state index in [1.807, 2.05) is 0 Å². The van der Waals surface area contributed by atoms with Crippen molar-refractivity contribution >= 4 is 12.4 Å². The number of hydrogen-bond donors (Lipinski definition) is 2. The minimum Gasteiger partial charge on any atom is -0.418 e. The summed E-state index contributed by atoms with van der Waals surface area (Å²) < 4.78 is 4.39. The maximum atomic E-state index is 10.6. The number of amides is 1. The lowest BCUT2D eigenvalue weighted by atomic mass is 10.4. The zero-order chi connectivity index (χ0) is 8.91. The van der Waals surface area contributed by atoms with Gasteiger partial charge in [0.1, 0.15) is 6.29 Å².